The second-order valence-electron chi connectivity index (χ2n) is 4.73. The molecule has 0 unspecified atom stereocenters. The van der Waals surface area contributed by atoms with E-state index >= 15 is 0 Å². The van der Waals surface area contributed by atoms with Gasteiger partial charge in [0.1, 0.15) is 4.88 Å². The molecule has 4 nitrogen and oxygen atoms in total. The van der Waals surface area contributed by atoms with Crippen molar-refractivity contribution in [1.82, 2.24) is 14.5 Å². The largest absolute Gasteiger partial charge is 0.427 e. The van der Waals surface area contributed by atoms with Crippen LogP contribution in [0.4, 0.5) is 18.3 Å². The van der Waals surface area contributed by atoms with E-state index in [0.717, 1.165) is 19.0 Å². The third kappa shape index (κ3) is 2.65. The average Bonchev–Trinajstić information content (AvgIpc) is 3.10. The van der Waals surface area contributed by atoms with Gasteiger partial charge in [-0.1, -0.05) is 11.3 Å². The highest BCUT2D eigenvalue weighted by Gasteiger charge is 2.34. The average molecular weight is 302 g/mol. The van der Waals surface area contributed by atoms with Crippen LogP contribution in [0.25, 0.3) is 0 Å². The predicted molar refractivity (Wildman–Crippen MR) is 69.8 cm³/mol. The standard InChI is InChI=1S/C12H13F3N4S/c13-12(14,15)10-7-17-11(20-10)18-4-1-9(2-5-18)19-6-3-16-8-19/h3,6-9H,1-2,4-5H2. The summed E-state index contributed by atoms with van der Waals surface area (Å²) in [5, 5.41) is 0.460. The molecule has 1 aliphatic heterocycles. The van der Waals surface area contributed by atoms with Crippen molar-refractivity contribution in [3.63, 3.8) is 0 Å². The molecule has 0 saturated carbocycles. The first-order valence-electron chi connectivity index (χ1n) is 6.29. The van der Waals surface area contributed by atoms with Crippen molar-refractivity contribution in [3.05, 3.63) is 29.8 Å². The van der Waals surface area contributed by atoms with Gasteiger partial charge in [-0.3, -0.25) is 0 Å². The van der Waals surface area contributed by atoms with Crippen molar-refractivity contribution in [2.75, 3.05) is 18.0 Å². The molecule has 0 amide bonds. The van der Waals surface area contributed by atoms with Crippen LogP contribution in [0.5, 0.6) is 0 Å². The van der Waals surface area contributed by atoms with Crippen LogP contribution in [0.15, 0.2) is 24.9 Å². The molecule has 0 radical (unpaired) electrons. The molecule has 0 N–H and O–H groups in total. The van der Waals surface area contributed by atoms with Gasteiger partial charge >= 0.3 is 6.18 Å². The maximum absolute atomic E-state index is 12.6. The van der Waals surface area contributed by atoms with Crippen molar-refractivity contribution < 1.29 is 13.2 Å². The Kier molecular flexibility index (Phi) is 3.41. The third-order valence-electron chi connectivity index (χ3n) is 3.45. The Bertz CT molecular complexity index is 556. The van der Waals surface area contributed by atoms with E-state index in [1.54, 1.807) is 12.5 Å². The van der Waals surface area contributed by atoms with E-state index in [-0.39, 0.29) is 0 Å². The Morgan fingerprint density at radius 3 is 2.55 bits per heavy atom. The van der Waals surface area contributed by atoms with E-state index < -0.39 is 11.1 Å². The molecule has 1 saturated heterocycles. The molecule has 20 heavy (non-hydrogen) atoms. The fraction of sp³-hybridized carbons (Fsp3) is 0.500. The number of alkyl halides is 3. The van der Waals surface area contributed by atoms with Gasteiger partial charge in [0.05, 0.1) is 12.5 Å². The summed E-state index contributed by atoms with van der Waals surface area (Å²) in [7, 11) is 0. The van der Waals surface area contributed by atoms with Crippen molar-refractivity contribution in [2.45, 2.75) is 25.1 Å². The predicted octanol–water partition coefficient (Wildman–Crippen LogP) is 3.20. The van der Waals surface area contributed by atoms with Gasteiger partial charge in [0.25, 0.3) is 0 Å². The quantitative estimate of drug-likeness (QED) is 0.854. The molecule has 0 aromatic carbocycles. The summed E-state index contributed by atoms with van der Waals surface area (Å²) in [6, 6.07) is 0.371. The van der Waals surface area contributed by atoms with Gasteiger partial charge in [-0.05, 0) is 12.8 Å². The fourth-order valence-electron chi connectivity index (χ4n) is 2.38. The number of hydrogen-bond donors (Lipinski definition) is 0. The first kappa shape index (κ1) is 13.4. The lowest BCUT2D eigenvalue weighted by atomic mass is 10.1. The summed E-state index contributed by atoms with van der Waals surface area (Å²) in [6.45, 7) is 1.43. The van der Waals surface area contributed by atoms with Gasteiger partial charge in [-0.25, -0.2) is 9.97 Å². The first-order chi connectivity index (χ1) is 9.54. The second kappa shape index (κ2) is 5.08. The molecule has 0 bridgehead atoms. The lowest BCUT2D eigenvalue weighted by molar-refractivity contribution is -0.134. The Labute approximate surface area is 117 Å². The zero-order valence-electron chi connectivity index (χ0n) is 10.5. The topological polar surface area (TPSA) is 34.0 Å². The highest BCUT2D eigenvalue weighted by atomic mass is 32.1. The molecule has 0 spiro atoms. The molecule has 108 valence electrons. The molecule has 8 heteroatoms. The lowest BCUT2D eigenvalue weighted by Crippen LogP contribution is -2.34. The Balaban J connectivity index is 1.65. The first-order valence-corrected chi connectivity index (χ1v) is 7.11. The molecular weight excluding hydrogens is 289 g/mol. The number of thiazole rings is 1. The molecule has 3 rings (SSSR count). The molecule has 2 aromatic rings. The zero-order chi connectivity index (χ0) is 14.2. The normalized spacial score (nSPS) is 17.6. The molecule has 0 aliphatic carbocycles. The number of halogens is 3. The van der Waals surface area contributed by atoms with Crippen LogP contribution in [0, 0.1) is 0 Å². The van der Waals surface area contributed by atoms with Crippen LogP contribution in [0.2, 0.25) is 0 Å². The van der Waals surface area contributed by atoms with Crippen LogP contribution in [0.1, 0.15) is 23.8 Å². The SMILES string of the molecule is FC(F)(F)c1cnc(N2CCC(n3ccnc3)CC2)s1. The highest BCUT2D eigenvalue weighted by Crippen LogP contribution is 2.37. The maximum atomic E-state index is 12.6. The monoisotopic (exact) mass is 302 g/mol. The summed E-state index contributed by atoms with van der Waals surface area (Å²) < 4.78 is 39.7. The highest BCUT2D eigenvalue weighted by molar-refractivity contribution is 7.15. The number of piperidine rings is 1. The summed E-state index contributed by atoms with van der Waals surface area (Å²) in [5.74, 6) is 0. The molecule has 3 heterocycles. The molecule has 1 aliphatic rings. The van der Waals surface area contributed by atoms with Gasteiger partial charge < -0.3 is 9.47 Å². The summed E-state index contributed by atoms with van der Waals surface area (Å²) >= 11 is 0.716. The number of nitrogens with zero attached hydrogens (tertiary/aromatic N) is 4. The van der Waals surface area contributed by atoms with Crippen LogP contribution < -0.4 is 4.90 Å². The van der Waals surface area contributed by atoms with E-state index in [4.69, 9.17) is 0 Å². The van der Waals surface area contributed by atoms with Gasteiger partial charge in [0.2, 0.25) is 0 Å². The van der Waals surface area contributed by atoms with Crippen LogP contribution in [0.3, 0.4) is 0 Å². The Morgan fingerprint density at radius 2 is 2.00 bits per heavy atom. The minimum Gasteiger partial charge on any atom is -0.348 e. The van der Waals surface area contributed by atoms with E-state index in [2.05, 4.69) is 14.5 Å². The number of rotatable bonds is 2. The third-order valence-corrected chi connectivity index (χ3v) is 4.56. The molecule has 2 aromatic heterocycles. The van der Waals surface area contributed by atoms with E-state index in [0.29, 0.717) is 35.6 Å². The van der Waals surface area contributed by atoms with E-state index in [1.807, 2.05) is 11.1 Å². The summed E-state index contributed by atoms with van der Waals surface area (Å²) in [6.07, 6.45) is 3.83. The van der Waals surface area contributed by atoms with Crippen molar-refractivity contribution in [2.24, 2.45) is 0 Å². The number of anilines is 1. The summed E-state index contributed by atoms with van der Waals surface area (Å²) in [5.41, 5.74) is 0. The smallest absolute Gasteiger partial charge is 0.348 e. The van der Waals surface area contributed by atoms with Crippen molar-refractivity contribution in [1.29, 1.82) is 0 Å². The molecule has 0 atom stereocenters. The fourth-order valence-corrected chi connectivity index (χ4v) is 3.22. The Morgan fingerprint density at radius 1 is 1.25 bits per heavy atom. The number of hydrogen-bond acceptors (Lipinski definition) is 4. The maximum Gasteiger partial charge on any atom is 0.427 e. The van der Waals surface area contributed by atoms with Crippen molar-refractivity contribution >= 4 is 16.5 Å². The van der Waals surface area contributed by atoms with Gasteiger partial charge in [0.15, 0.2) is 5.13 Å². The minimum absolute atomic E-state index is 0.371. The van der Waals surface area contributed by atoms with Crippen LogP contribution in [-0.4, -0.2) is 27.6 Å². The number of imidazole rings is 1. The van der Waals surface area contributed by atoms with Gasteiger partial charge in [-0.2, -0.15) is 13.2 Å². The lowest BCUT2D eigenvalue weighted by Gasteiger charge is -2.32. The molecule has 1 fully saturated rings. The Hall–Kier alpha value is -1.57. The minimum atomic E-state index is -4.30. The zero-order valence-corrected chi connectivity index (χ0v) is 11.4. The van der Waals surface area contributed by atoms with Gasteiger partial charge in [0, 0.05) is 31.5 Å². The van der Waals surface area contributed by atoms with E-state index in [1.165, 1.54) is 0 Å². The molecular formula is C12H13F3N4S. The summed E-state index contributed by atoms with van der Waals surface area (Å²) in [4.78, 5) is 9.21. The van der Waals surface area contributed by atoms with Crippen LogP contribution >= 0.6 is 11.3 Å². The number of aromatic nitrogens is 3. The second-order valence-corrected chi connectivity index (χ2v) is 5.74. The van der Waals surface area contributed by atoms with Crippen LogP contribution in [-0.2, 0) is 6.18 Å². The van der Waals surface area contributed by atoms with Crippen molar-refractivity contribution in [3.8, 4) is 0 Å². The van der Waals surface area contributed by atoms with Gasteiger partial charge in [-0.15, -0.1) is 0 Å². The van der Waals surface area contributed by atoms with E-state index in [9.17, 15) is 13.2 Å².